The van der Waals surface area contributed by atoms with Crippen molar-refractivity contribution >= 4 is 21.8 Å². The Morgan fingerprint density at radius 2 is 2.29 bits per heavy atom. The Kier molecular flexibility index (Phi) is 6.06. The van der Waals surface area contributed by atoms with Crippen molar-refractivity contribution in [1.29, 1.82) is 0 Å². The van der Waals surface area contributed by atoms with E-state index in [0.717, 1.165) is 24.0 Å². The highest BCUT2D eigenvalue weighted by Gasteiger charge is 2.22. The fourth-order valence-electron chi connectivity index (χ4n) is 2.67. The summed E-state index contributed by atoms with van der Waals surface area (Å²) in [4.78, 5) is 14.7. The van der Waals surface area contributed by atoms with Gasteiger partial charge in [-0.2, -0.15) is 0 Å². The summed E-state index contributed by atoms with van der Waals surface area (Å²) in [6.07, 6.45) is 3.62. The maximum absolute atomic E-state index is 12.8. The molecule has 1 N–H and O–H groups in total. The van der Waals surface area contributed by atoms with Gasteiger partial charge in [-0.25, -0.2) is 0 Å². The summed E-state index contributed by atoms with van der Waals surface area (Å²) in [5.41, 5.74) is 0.659. The molecule has 1 aliphatic heterocycles. The van der Waals surface area contributed by atoms with Crippen LogP contribution in [0, 0.1) is 0 Å². The van der Waals surface area contributed by atoms with E-state index in [2.05, 4.69) is 21.2 Å². The number of halogens is 1. The molecule has 0 bridgehead atoms. The van der Waals surface area contributed by atoms with Gasteiger partial charge in [-0.05, 0) is 60.4 Å². The Balaban J connectivity index is 2.11. The van der Waals surface area contributed by atoms with Gasteiger partial charge in [0.05, 0.1) is 12.7 Å². The van der Waals surface area contributed by atoms with Gasteiger partial charge in [0.15, 0.2) is 0 Å². The number of piperidine rings is 1. The number of carbonyl (C=O) groups is 1. The van der Waals surface area contributed by atoms with Crippen molar-refractivity contribution in [3.05, 3.63) is 28.2 Å². The number of methoxy groups -OCH3 is 1. The van der Waals surface area contributed by atoms with Gasteiger partial charge in [0, 0.05) is 23.6 Å². The SMILES string of the molecule is CCN(CC1CCCCN1)C(=O)c1cc(OC)ccc1Br. The second-order valence-electron chi connectivity index (χ2n) is 5.34. The average Bonchev–Trinajstić information content (AvgIpc) is 2.53. The van der Waals surface area contributed by atoms with Gasteiger partial charge >= 0.3 is 0 Å². The zero-order valence-electron chi connectivity index (χ0n) is 12.7. The zero-order chi connectivity index (χ0) is 15.2. The molecule has 4 nitrogen and oxygen atoms in total. The summed E-state index contributed by atoms with van der Waals surface area (Å²) < 4.78 is 6.03. The van der Waals surface area contributed by atoms with E-state index in [-0.39, 0.29) is 5.91 Å². The number of nitrogens with zero attached hydrogens (tertiary/aromatic N) is 1. The molecule has 0 spiro atoms. The van der Waals surface area contributed by atoms with Gasteiger partial charge in [-0.3, -0.25) is 4.79 Å². The number of hydrogen-bond acceptors (Lipinski definition) is 3. The maximum atomic E-state index is 12.8. The lowest BCUT2D eigenvalue weighted by Gasteiger charge is -2.30. The molecular weight excluding hydrogens is 332 g/mol. The maximum Gasteiger partial charge on any atom is 0.255 e. The van der Waals surface area contributed by atoms with Crippen LogP contribution in [0.2, 0.25) is 0 Å². The van der Waals surface area contributed by atoms with Crippen LogP contribution in [-0.2, 0) is 0 Å². The molecular formula is C16H23BrN2O2. The van der Waals surface area contributed by atoms with Crippen molar-refractivity contribution in [1.82, 2.24) is 10.2 Å². The van der Waals surface area contributed by atoms with Gasteiger partial charge in [-0.15, -0.1) is 0 Å². The van der Waals surface area contributed by atoms with Crippen molar-refractivity contribution in [3.8, 4) is 5.75 Å². The summed E-state index contributed by atoms with van der Waals surface area (Å²) in [6.45, 7) is 4.55. The highest BCUT2D eigenvalue weighted by atomic mass is 79.9. The number of ether oxygens (including phenoxy) is 1. The second-order valence-corrected chi connectivity index (χ2v) is 6.19. The molecule has 0 aliphatic carbocycles. The molecule has 2 rings (SSSR count). The monoisotopic (exact) mass is 354 g/mol. The summed E-state index contributed by atoms with van der Waals surface area (Å²) >= 11 is 3.46. The summed E-state index contributed by atoms with van der Waals surface area (Å²) in [6, 6.07) is 5.91. The fourth-order valence-corrected chi connectivity index (χ4v) is 3.08. The van der Waals surface area contributed by atoms with Crippen molar-refractivity contribution in [2.24, 2.45) is 0 Å². The van der Waals surface area contributed by atoms with Crippen molar-refractivity contribution in [3.63, 3.8) is 0 Å². The molecule has 0 radical (unpaired) electrons. The van der Waals surface area contributed by atoms with E-state index in [1.54, 1.807) is 13.2 Å². The second kappa shape index (κ2) is 7.80. The van der Waals surface area contributed by atoms with Gasteiger partial charge in [0.1, 0.15) is 5.75 Å². The molecule has 1 saturated heterocycles. The Bertz CT molecular complexity index is 487. The van der Waals surface area contributed by atoms with E-state index in [0.29, 0.717) is 23.9 Å². The van der Waals surface area contributed by atoms with E-state index < -0.39 is 0 Å². The van der Waals surface area contributed by atoms with E-state index >= 15 is 0 Å². The van der Waals surface area contributed by atoms with Gasteiger partial charge in [-0.1, -0.05) is 6.42 Å². The first-order valence-corrected chi connectivity index (χ1v) is 8.31. The quantitative estimate of drug-likeness (QED) is 0.883. The smallest absolute Gasteiger partial charge is 0.255 e. The normalized spacial score (nSPS) is 18.3. The minimum atomic E-state index is 0.0515. The Hall–Kier alpha value is -1.07. The van der Waals surface area contributed by atoms with Crippen LogP contribution in [0.3, 0.4) is 0 Å². The number of amides is 1. The third-order valence-electron chi connectivity index (χ3n) is 3.93. The van der Waals surface area contributed by atoms with Crippen LogP contribution in [0.25, 0.3) is 0 Å². The first-order valence-electron chi connectivity index (χ1n) is 7.52. The predicted octanol–water partition coefficient (Wildman–Crippen LogP) is 3.06. The molecule has 21 heavy (non-hydrogen) atoms. The van der Waals surface area contributed by atoms with Crippen molar-refractivity contribution in [2.45, 2.75) is 32.2 Å². The van der Waals surface area contributed by atoms with E-state index in [1.165, 1.54) is 12.8 Å². The lowest BCUT2D eigenvalue weighted by atomic mass is 10.0. The van der Waals surface area contributed by atoms with Crippen LogP contribution in [0.4, 0.5) is 0 Å². The zero-order valence-corrected chi connectivity index (χ0v) is 14.3. The van der Waals surface area contributed by atoms with Crippen LogP contribution < -0.4 is 10.1 Å². The first kappa shape index (κ1) is 16.3. The summed E-state index contributed by atoms with van der Waals surface area (Å²) in [7, 11) is 1.61. The Morgan fingerprint density at radius 3 is 2.90 bits per heavy atom. The van der Waals surface area contributed by atoms with Crippen LogP contribution in [0.15, 0.2) is 22.7 Å². The van der Waals surface area contributed by atoms with Crippen LogP contribution in [0.5, 0.6) is 5.75 Å². The van der Waals surface area contributed by atoms with Gasteiger partial charge in [0.25, 0.3) is 5.91 Å². The van der Waals surface area contributed by atoms with Crippen molar-refractivity contribution in [2.75, 3.05) is 26.7 Å². The average molecular weight is 355 g/mol. The summed E-state index contributed by atoms with van der Waals surface area (Å²) in [5, 5.41) is 3.50. The molecule has 116 valence electrons. The van der Waals surface area contributed by atoms with Crippen LogP contribution >= 0.6 is 15.9 Å². The third-order valence-corrected chi connectivity index (χ3v) is 4.62. The molecule has 1 unspecified atom stereocenters. The summed E-state index contributed by atoms with van der Waals surface area (Å²) in [5.74, 6) is 0.754. The van der Waals surface area contributed by atoms with E-state index in [1.807, 2.05) is 24.0 Å². The lowest BCUT2D eigenvalue weighted by Crippen LogP contribution is -2.45. The number of nitrogens with one attached hydrogen (secondary N) is 1. The van der Waals surface area contributed by atoms with Crippen LogP contribution in [0.1, 0.15) is 36.5 Å². The first-order chi connectivity index (χ1) is 10.2. The standard InChI is InChI=1S/C16H23BrN2O2/c1-3-19(11-12-6-4-5-9-18-12)16(20)14-10-13(21-2)7-8-15(14)17/h7-8,10,12,18H,3-6,9,11H2,1-2H3. The van der Waals surface area contributed by atoms with Gasteiger partial charge in [0.2, 0.25) is 0 Å². The van der Waals surface area contributed by atoms with E-state index in [4.69, 9.17) is 4.74 Å². The molecule has 1 aliphatic rings. The molecule has 5 heteroatoms. The minimum absolute atomic E-state index is 0.0515. The lowest BCUT2D eigenvalue weighted by molar-refractivity contribution is 0.0740. The van der Waals surface area contributed by atoms with Crippen molar-refractivity contribution < 1.29 is 9.53 Å². The largest absolute Gasteiger partial charge is 0.497 e. The fraction of sp³-hybridized carbons (Fsp3) is 0.562. The minimum Gasteiger partial charge on any atom is -0.497 e. The molecule has 1 atom stereocenters. The van der Waals surface area contributed by atoms with Gasteiger partial charge < -0.3 is 15.0 Å². The Labute approximate surface area is 135 Å². The molecule has 1 heterocycles. The molecule has 1 aromatic carbocycles. The van der Waals surface area contributed by atoms with E-state index in [9.17, 15) is 4.79 Å². The predicted molar refractivity (Wildman–Crippen MR) is 87.9 cm³/mol. The number of hydrogen-bond donors (Lipinski definition) is 1. The molecule has 0 saturated carbocycles. The molecule has 1 amide bonds. The highest BCUT2D eigenvalue weighted by molar-refractivity contribution is 9.10. The third kappa shape index (κ3) is 4.20. The molecule has 1 fully saturated rings. The Morgan fingerprint density at radius 1 is 1.48 bits per heavy atom. The number of likely N-dealkylation sites (N-methyl/N-ethyl adjacent to an activating group) is 1. The van der Waals surface area contributed by atoms with Crippen LogP contribution in [-0.4, -0.2) is 43.6 Å². The molecule has 1 aromatic rings. The highest BCUT2D eigenvalue weighted by Crippen LogP contribution is 2.24. The topological polar surface area (TPSA) is 41.6 Å². The number of carbonyl (C=O) groups excluding carboxylic acids is 1. The number of benzene rings is 1. The number of rotatable bonds is 5. The molecule has 0 aromatic heterocycles.